The van der Waals surface area contributed by atoms with Crippen LogP contribution in [-0.4, -0.2) is 46.8 Å². The van der Waals surface area contributed by atoms with E-state index in [0.717, 1.165) is 30.6 Å². The number of carbonyl (C=O) groups is 3. The van der Waals surface area contributed by atoms with Crippen molar-refractivity contribution in [1.82, 2.24) is 15.1 Å². The first-order chi connectivity index (χ1) is 13.4. The number of hydrogen-bond donors (Lipinski definition) is 1. The maximum Gasteiger partial charge on any atom is 0.327 e. The van der Waals surface area contributed by atoms with Gasteiger partial charge < -0.3 is 14.6 Å². The summed E-state index contributed by atoms with van der Waals surface area (Å²) in [5.74, 6) is -0.740. The molecule has 4 amide bonds. The number of piperidine rings is 2. The van der Waals surface area contributed by atoms with Crippen LogP contribution in [0.25, 0.3) is 11.0 Å². The number of hydrogen-bond acceptors (Lipinski definition) is 4. The van der Waals surface area contributed by atoms with Crippen LogP contribution in [0.4, 0.5) is 9.18 Å². The minimum Gasteiger partial charge on any atom is -0.464 e. The summed E-state index contributed by atoms with van der Waals surface area (Å²) in [6.07, 6.45) is 4.76. The highest BCUT2D eigenvalue weighted by Crippen LogP contribution is 2.42. The van der Waals surface area contributed by atoms with Crippen LogP contribution in [0.15, 0.2) is 28.9 Å². The van der Waals surface area contributed by atoms with Gasteiger partial charge in [0.15, 0.2) is 0 Å². The van der Waals surface area contributed by atoms with E-state index in [9.17, 15) is 18.8 Å². The molecule has 8 heteroatoms. The summed E-state index contributed by atoms with van der Waals surface area (Å²) in [5, 5.41) is 3.55. The topological polar surface area (TPSA) is 82.9 Å². The minimum absolute atomic E-state index is 0.00926. The summed E-state index contributed by atoms with van der Waals surface area (Å²) in [5.41, 5.74) is 0.487. The van der Waals surface area contributed by atoms with E-state index in [1.807, 2.05) is 0 Å². The number of furan rings is 1. The first kappa shape index (κ1) is 17.2. The molecule has 3 saturated heterocycles. The molecule has 3 aliphatic heterocycles. The molecule has 0 spiro atoms. The number of benzene rings is 1. The predicted octanol–water partition coefficient (Wildman–Crippen LogP) is 2.39. The van der Waals surface area contributed by atoms with Gasteiger partial charge in [-0.2, -0.15) is 0 Å². The molecule has 146 valence electrons. The zero-order valence-electron chi connectivity index (χ0n) is 15.2. The molecular formula is C20H20FN3O4. The maximum atomic E-state index is 13.6. The molecule has 1 aromatic carbocycles. The Morgan fingerprint density at radius 3 is 2.75 bits per heavy atom. The van der Waals surface area contributed by atoms with E-state index in [1.54, 1.807) is 0 Å². The van der Waals surface area contributed by atoms with Crippen LogP contribution in [0.3, 0.4) is 0 Å². The Kier molecular flexibility index (Phi) is 3.72. The maximum absolute atomic E-state index is 13.6. The number of nitrogens with one attached hydrogen (secondary N) is 1. The average molecular weight is 385 g/mol. The van der Waals surface area contributed by atoms with Gasteiger partial charge in [-0.25, -0.2) is 9.18 Å². The number of rotatable bonds is 4. The number of carbonyl (C=O) groups excluding carboxylic acids is 3. The normalized spacial score (nSPS) is 27.2. The van der Waals surface area contributed by atoms with Gasteiger partial charge in [0.1, 0.15) is 17.9 Å². The second-order valence-electron chi connectivity index (χ2n) is 8.05. The zero-order chi connectivity index (χ0) is 19.5. The van der Waals surface area contributed by atoms with E-state index < -0.39 is 17.3 Å². The molecule has 7 nitrogen and oxygen atoms in total. The second kappa shape index (κ2) is 6.05. The smallest absolute Gasteiger partial charge is 0.327 e. The monoisotopic (exact) mass is 385 g/mol. The number of imide groups is 1. The van der Waals surface area contributed by atoms with Gasteiger partial charge in [0.2, 0.25) is 5.91 Å². The van der Waals surface area contributed by atoms with Crippen molar-refractivity contribution >= 4 is 28.8 Å². The molecule has 1 aliphatic carbocycles. The lowest BCUT2D eigenvalue weighted by Gasteiger charge is -2.46. The summed E-state index contributed by atoms with van der Waals surface area (Å²) >= 11 is 0. The lowest BCUT2D eigenvalue weighted by Crippen LogP contribution is -2.59. The summed E-state index contributed by atoms with van der Waals surface area (Å²) in [4.78, 5) is 40.5. The third-order valence-electron chi connectivity index (χ3n) is 6.33. The molecule has 0 atom stereocenters. The molecule has 28 heavy (non-hydrogen) atoms. The van der Waals surface area contributed by atoms with E-state index >= 15 is 0 Å². The number of halogens is 1. The van der Waals surface area contributed by atoms with E-state index in [0.29, 0.717) is 16.5 Å². The first-order valence-electron chi connectivity index (χ1n) is 9.51. The van der Waals surface area contributed by atoms with Gasteiger partial charge in [0, 0.05) is 23.5 Å². The van der Waals surface area contributed by atoms with Crippen LogP contribution in [0.5, 0.6) is 0 Å². The lowest BCUT2D eigenvalue weighted by atomic mass is 9.68. The molecule has 4 aliphatic rings. The van der Waals surface area contributed by atoms with Gasteiger partial charge in [-0.3, -0.25) is 14.5 Å². The SMILES string of the molecule is O=C1CN(CC23CCC(CC2)NC3=O)C(=O)N1Cc1coc2ccc(F)cc12. The molecule has 0 unspecified atom stereocenters. The highest BCUT2D eigenvalue weighted by atomic mass is 19.1. The van der Waals surface area contributed by atoms with E-state index in [2.05, 4.69) is 5.32 Å². The quantitative estimate of drug-likeness (QED) is 0.820. The largest absolute Gasteiger partial charge is 0.464 e. The van der Waals surface area contributed by atoms with Crippen molar-refractivity contribution in [3.05, 3.63) is 35.8 Å². The van der Waals surface area contributed by atoms with E-state index in [1.165, 1.54) is 29.4 Å². The van der Waals surface area contributed by atoms with Crippen molar-refractivity contribution in [3.8, 4) is 0 Å². The van der Waals surface area contributed by atoms with Crippen molar-refractivity contribution in [2.75, 3.05) is 13.1 Å². The Labute approximate surface area is 160 Å². The Bertz CT molecular complexity index is 992. The summed E-state index contributed by atoms with van der Waals surface area (Å²) in [6, 6.07) is 3.99. The molecule has 2 aromatic rings. The van der Waals surface area contributed by atoms with E-state index in [4.69, 9.17) is 4.42 Å². The average Bonchev–Trinajstić information content (AvgIpc) is 3.19. The number of fused-ring (bicyclic) bond motifs is 4. The fourth-order valence-electron chi connectivity index (χ4n) is 4.70. The summed E-state index contributed by atoms with van der Waals surface area (Å²) in [7, 11) is 0. The Morgan fingerprint density at radius 1 is 1.21 bits per heavy atom. The molecule has 0 radical (unpaired) electrons. The van der Waals surface area contributed by atoms with Gasteiger partial charge in [0.25, 0.3) is 5.91 Å². The molecule has 2 bridgehead atoms. The first-order valence-corrected chi connectivity index (χ1v) is 9.51. The molecule has 4 fully saturated rings. The van der Waals surface area contributed by atoms with Gasteiger partial charge in [-0.1, -0.05) is 0 Å². The number of nitrogens with zero attached hydrogens (tertiary/aromatic N) is 2. The van der Waals surface area contributed by atoms with Crippen LogP contribution < -0.4 is 5.32 Å². The molecular weight excluding hydrogens is 365 g/mol. The van der Waals surface area contributed by atoms with Crippen LogP contribution in [-0.2, 0) is 16.1 Å². The van der Waals surface area contributed by atoms with Gasteiger partial charge >= 0.3 is 6.03 Å². The van der Waals surface area contributed by atoms with Crippen LogP contribution in [0, 0.1) is 11.2 Å². The summed E-state index contributed by atoms with van der Waals surface area (Å²) in [6.45, 7) is 0.237. The predicted molar refractivity (Wildman–Crippen MR) is 96.5 cm³/mol. The Balaban J connectivity index is 1.36. The minimum atomic E-state index is -0.591. The van der Waals surface area contributed by atoms with Crippen molar-refractivity contribution in [3.63, 3.8) is 0 Å². The molecule has 1 N–H and O–H groups in total. The van der Waals surface area contributed by atoms with E-state index in [-0.39, 0.29) is 37.5 Å². The van der Waals surface area contributed by atoms with Crippen LogP contribution >= 0.6 is 0 Å². The summed E-state index contributed by atoms with van der Waals surface area (Å²) < 4.78 is 19.0. The fraction of sp³-hybridized carbons (Fsp3) is 0.450. The highest BCUT2D eigenvalue weighted by Gasteiger charge is 2.50. The second-order valence-corrected chi connectivity index (χ2v) is 8.05. The zero-order valence-corrected chi connectivity index (χ0v) is 15.2. The van der Waals surface area contributed by atoms with Crippen molar-refractivity contribution in [1.29, 1.82) is 0 Å². The van der Waals surface area contributed by atoms with Crippen molar-refractivity contribution in [2.24, 2.45) is 5.41 Å². The van der Waals surface area contributed by atoms with Crippen molar-refractivity contribution in [2.45, 2.75) is 38.3 Å². The standard InChI is InChI=1S/C20H20FN3O4/c21-13-1-2-16-15(7-13)12(10-28-16)8-24-17(25)9-23(19(24)27)11-20-5-3-14(4-6-20)22-18(20)26/h1-2,7,10,14H,3-6,8-9,11H2,(H,22,26). The molecule has 4 heterocycles. The lowest BCUT2D eigenvalue weighted by molar-refractivity contribution is -0.140. The highest BCUT2D eigenvalue weighted by molar-refractivity contribution is 6.02. The van der Waals surface area contributed by atoms with Gasteiger partial charge in [-0.05, 0) is 43.9 Å². The molecule has 1 aromatic heterocycles. The third-order valence-corrected chi connectivity index (χ3v) is 6.33. The Morgan fingerprint density at radius 2 is 2.00 bits per heavy atom. The van der Waals surface area contributed by atoms with Gasteiger partial charge in [-0.15, -0.1) is 0 Å². The number of urea groups is 1. The Hall–Kier alpha value is -2.90. The van der Waals surface area contributed by atoms with Crippen LogP contribution in [0.2, 0.25) is 0 Å². The van der Waals surface area contributed by atoms with Crippen molar-refractivity contribution < 1.29 is 23.2 Å². The molecule has 6 rings (SSSR count). The fourth-order valence-corrected chi connectivity index (χ4v) is 4.70. The molecule has 1 saturated carbocycles. The van der Waals surface area contributed by atoms with Crippen LogP contribution in [0.1, 0.15) is 31.2 Å². The third kappa shape index (κ3) is 2.58. The van der Waals surface area contributed by atoms with Gasteiger partial charge in [0.05, 0.1) is 18.2 Å². The number of amides is 4.